The van der Waals surface area contributed by atoms with Gasteiger partial charge in [-0.2, -0.15) is 0 Å². The van der Waals surface area contributed by atoms with Crippen LogP contribution in [0.25, 0.3) is 0 Å². The molecule has 1 rings (SSSR count). The minimum Gasteiger partial charge on any atom is -0.328 e. The van der Waals surface area contributed by atoms with Crippen LogP contribution in [0.5, 0.6) is 0 Å². The molecule has 84 valence electrons. The molecule has 0 atom stereocenters. The first-order valence-electron chi connectivity index (χ1n) is 4.66. The van der Waals surface area contributed by atoms with Crippen LogP contribution in [-0.4, -0.2) is 43.5 Å². The SMILES string of the molecule is NC1CCN(CCOC(F)(F)F)CC1. The zero-order chi connectivity index (χ0) is 10.6. The van der Waals surface area contributed by atoms with Gasteiger partial charge in [0.15, 0.2) is 0 Å². The van der Waals surface area contributed by atoms with Gasteiger partial charge in [0.05, 0.1) is 6.61 Å². The molecule has 1 heterocycles. The Kier molecular flexibility index (Phi) is 4.15. The third kappa shape index (κ3) is 4.78. The molecule has 0 aliphatic carbocycles. The maximum atomic E-state index is 11.6. The van der Waals surface area contributed by atoms with Gasteiger partial charge in [-0.15, -0.1) is 13.2 Å². The van der Waals surface area contributed by atoms with Crippen molar-refractivity contribution in [2.24, 2.45) is 5.73 Å². The monoisotopic (exact) mass is 212 g/mol. The second kappa shape index (κ2) is 4.95. The second-order valence-electron chi connectivity index (χ2n) is 3.47. The van der Waals surface area contributed by atoms with E-state index in [-0.39, 0.29) is 12.6 Å². The Morgan fingerprint density at radius 1 is 1.29 bits per heavy atom. The fourth-order valence-corrected chi connectivity index (χ4v) is 1.47. The molecule has 3 nitrogen and oxygen atoms in total. The van der Waals surface area contributed by atoms with Crippen LogP contribution < -0.4 is 5.73 Å². The van der Waals surface area contributed by atoms with Gasteiger partial charge >= 0.3 is 6.36 Å². The van der Waals surface area contributed by atoms with E-state index in [9.17, 15) is 13.2 Å². The molecule has 6 heteroatoms. The number of piperidine rings is 1. The first kappa shape index (κ1) is 11.7. The lowest BCUT2D eigenvalue weighted by molar-refractivity contribution is -0.325. The Balaban J connectivity index is 2.08. The molecule has 1 saturated heterocycles. The molecule has 0 amide bonds. The highest BCUT2D eigenvalue weighted by Crippen LogP contribution is 2.16. The Labute approximate surface area is 81.0 Å². The summed E-state index contributed by atoms with van der Waals surface area (Å²) >= 11 is 0. The van der Waals surface area contributed by atoms with Gasteiger partial charge in [-0.3, -0.25) is 4.74 Å². The van der Waals surface area contributed by atoms with Gasteiger partial charge in [-0.05, 0) is 25.9 Å². The number of nitrogens with zero attached hydrogens (tertiary/aromatic N) is 1. The summed E-state index contributed by atoms with van der Waals surface area (Å²) in [4.78, 5) is 1.94. The molecule has 0 radical (unpaired) electrons. The van der Waals surface area contributed by atoms with Crippen molar-refractivity contribution < 1.29 is 17.9 Å². The van der Waals surface area contributed by atoms with Gasteiger partial charge in [0.2, 0.25) is 0 Å². The summed E-state index contributed by atoms with van der Waals surface area (Å²) in [6.45, 7) is 1.57. The van der Waals surface area contributed by atoms with E-state index < -0.39 is 6.36 Å². The number of rotatable bonds is 3. The van der Waals surface area contributed by atoms with E-state index >= 15 is 0 Å². The highest BCUT2D eigenvalue weighted by molar-refractivity contribution is 4.73. The Morgan fingerprint density at radius 2 is 1.86 bits per heavy atom. The van der Waals surface area contributed by atoms with Crippen molar-refractivity contribution in [3.8, 4) is 0 Å². The minimum atomic E-state index is -4.51. The minimum absolute atomic E-state index is 0.204. The van der Waals surface area contributed by atoms with Gasteiger partial charge in [-0.25, -0.2) is 0 Å². The Bertz CT molecular complexity index is 166. The fourth-order valence-electron chi connectivity index (χ4n) is 1.47. The van der Waals surface area contributed by atoms with Crippen LogP contribution in [0, 0.1) is 0 Å². The van der Waals surface area contributed by atoms with E-state index in [1.165, 1.54) is 0 Å². The predicted octanol–water partition coefficient (Wildman–Crippen LogP) is 0.946. The van der Waals surface area contributed by atoms with Crippen molar-refractivity contribution in [3.63, 3.8) is 0 Å². The molecule has 1 aliphatic rings. The Morgan fingerprint density at radius 3 is 2.36 bits per heavy atom. The standard InChI is InChI=1S/C8H15F3N2O/c9-8(10,11)14-6-5-13-3-1-7(12)2-4-13/h7H,1-6,12H2. The maximum Gasteiger partial charge on any atom is 0.522 e. The average Bonchev–Trinajstić information content (AvgIpc) is 2.06. The van der Waals surface area contributed by atoms with Gasteiger partial charge in [0.1, 0.15) is 0 Å². The largest absolute Gasteiger partial charge is 0.522 e. The van der Waals surface area contributed by atoms with E-state index in [1.807, 2.05) is 4.90 Å². The Hall–Kier alpha value is -0.330. The molecule has 0 aromatic carbocycles. The summed E-state index contributed by atoms with van der Waals surface area (Å²) in [5.41, 5.74) is 5.66. The lowest BCUT2D eigenvalue weighted by Gasteiger charge is -2.29. The lowest BCUT2D eigenvalue weighted by atomic mass is 10.1. The van der Waals surface area contributed by atoms with Gasteiger partial charge in [-0.1, -0.05) is 0 Å². The van der Waals surface area contributed by atoms with Crippen molar-refractivity contribution in [3.05, 3.63) is 0 Å². The van der Waals surface area contributed by atoms with Crippen molar-refractivity contribution in [1.82, 2.24) is 4.90 Å². The summed E-state index contributed by atoms with van der Waals surface area (Å²) in [6.07, 6.45) is -2.80. The molecule has 2 N–H and O–H groups in total. The molecule has 0 spiro atoms. The molecule has 0 bridgehead atoms. The highest BCUT2D eigenvalue weighted by Gasteiger charge is 2.29. The number of alkyl halides is 3. The first-order chi connectivity index (χ1) is 6.47. The molecule has 14 heavy (non-hydrogen) atoms. The van der Waals surface area contributed by atoms with Crippen LogP contribution in [-0.2, 0) is 4.74 Å². The smallest absolute Gasteiger partial charge is 0.328 e. The second-order valence-corrected chi connectivity index (χ2v) is 3.47. The summed E-state index contributed by atoms with van der Waals surface area (Å²) in [7, 11) is 0. The number of hydrogen-bond acceptors (Lipinski definition) is 3. The number of likely N-dealkylation sites (tertiary alicyclic amines) is 1. The van der Waals surface area contributed by atoms with E-state index in [1.54, 1.807) is 0 Å². The maximum absolute atomic E-state index is 11.6. The molecular formula is C8H15F3N2O. The third-order valence-electron chi connectivity index (χ3n) is 2.31. The van der Waals surface area contributed by atoms with E-state index in [2.05, 4.69) is 4.74 Å². The van der Waals surface area contributed by atoms with Crippen molar-refractivity contribution in [1.29, 1.82) is 0 Å². The van der Waals surface area contributed by atoms with E-state index in [4.69, 9.17) is 5.73 Å². The number of halogens is 3. The van der Waals surface area contributed by atoms with Crippen LogP contribution in [0.3, 0.4) is 0 Å². The van der Waals surface area contributed by atoms with Crippen molar-refractivity contribution in [2.75, 3.05) is 26.2 Å². The quantitative estimate of drug-likeness (QED) is 0.756. The first-order valence-corrected chi connectivity index (χ1v) is 4.66. The zero-order valence-electron chi connectivity index (χ0n) is 7.89. The lowest BCUT2D eigenvalue weighted by Crippen LogP contribution is -2.41. The van der Waals surface area contributed by atoms with Gasteiger partial charge in [0, 0.05) is 12.6 Å². The van der Waals surface area contributed by atoms with E-state index in [0.717, 1.165) is 25.9 Å². The summed E-state index contributed by atoms with van der Waals surface area (Å²) in [6, 6.07) is 0.204. The molecule has 1 fully saturated rings. The van der Waals surface area contributed by atoms with Gasteiger partial charge in [0.25, 0.3) is 0 Å². The van der Waals surface area contributed by atoms with Crippen LogP contribution in [0.4, 0.5) is 13.2 Å². The number of ether oxygens (including phenoxy) is 1. The van der Waals surface area contributed by atoms with Crippen molar-refractivity contribution in [2.45, 2.75) is 25.2 Å². The summed E-state index contributed by atoms with van der Waals surface area (Å²) in [5, 5.41) is 0. The molecular weight excluding hydrogens is 197 g/mol. The topological polar surface area (TPSA) is 38.5 Å². The molecule has 0 aromatic rings. The zero-order valence-corrected chi connectivity index (χ0v) is 7.89. The van der Waals surface area contributed by atoms with Crippen LogP contribution in [0.15, 0.2) is 0 Å². The van der Waals surface area contributed by atoms with Crippen LogP contribution in [0.2, 0.25) is 0 Å². The highest BCUT2D eigenvalue weighted by atomic mass is 19.4. The van der Waals surface area contributed by atoms with Gasteiger partial charge < -0.3 is 10.6 Å². The fraction of sp³-hybridized carbons (Fsp3) is 1.00. The summed E-state index contributed by atoms with van der Waals surface area (Å²) < 4.78 is 38.5. The van der Waals surface area contributed by atoms with E-state index in [0.29, 0.717) is 6.54 Å². The number of nitrogens with two attached hydrogens (primary N) is 1. The number of hydrogen-bond donors (Lipinski definition) is 1. The molecule has 0 saturated carbocycles. The van der Waals surface area contributed by atoms with Crippen LogP contribution in [0.1, 0.15) is 12.8 Å². The molecule has 0 unspecified atom stereocenters. The average molecular weight is 212 g/mol. The molecule has 1 aliphatic heterocycles. The third-order valence-corrected chi connectivity index (χ3v) is 2.31. The predicted molar refractivity (Wildman–Crippen MR) is 45.7 cm³/mol. The van der Waals surface area contributed by atoms with Crippen LogP contribution >= 0.6 is 0 Å². The molecule has 0 aromatic heterocycles. The normalized spacial score (nSPS) is 21.4. The van der Waals surface area contributed by atoms with Crippen molar-refractivity contribution >= 4 is 0 Å². The summed E-state index contributed by atoms with van der Waals surface area (Å²) in [5.74, 6) is 0.